The number of fused-ring (bicyclic) bond motifs is 1. The van der Waals surface area contributed by atoms with Crippen molar-refractivity contribution in [3.8, 4) is 0 Å². The molecule has 17 heavy (non-hydrogen) atoms. The van der Waals surface area contributed by atoms with Gasteiger partial charge < -0.3 is 10.6 Å². The summed E-state index contributed by atoms with van der Waals surface area (Å²) < 4.78 is 0. The van der Waals surface area contributed by atoms with Gasteiger partial charge in [0.15, 0.2) is 0 Å². The Labute approximate surface area is 104 Å². The lowest BCUT2D eigenvalue weighted by molar-refractivity contribution is 0.292. The molecule has 1 aromatic carbocycles. The Bertz CT molecular complexity index is 383. The maximum Gasteiger partial charge on any atom is 0.0419 e. The Balaban J connectivity index is 1.49. The van der Waals surface area contributed by atoms with E-state index in [0.717, 1.165) is 19.0 Å². The van der Waals surface area contributed by atoms with Gasteiger partial charge in [0.1, 0.15) is 0 Å². The topological polar surface area (TPSA) is 24.1 Å². The molecule has 2 nitrogen and oxygen atoms in total. The van der Waals surface area contributed by atoms with Gasteiger partial charge in [0, 0.05) is 18.8 Å². The zero-order valence-electron chi connectivity index (χ0n) is 10.5. The molecule has 0 bridgehead atoms. The zero-order valence-corrected chi connectivity index (χ0v) is 10.5. The van der Waals surface area contributed by atoms with E-state index in [2.05, 4.69) is 28.8 Å². The lowest BCUT2D eigenvalue weighted by Crippen LogP contribution is -2.21. The van der Waals surface area contributed by atoms with Crippen LogP contribution in [0.5, 0.6) is 0 Å². The van der Waals surface area contributed by atoms with Gasteiger partial charge in [-0.1, -0.05) is 37.5 Å². The third kappa shape index (κ3) is 2.47. The van der Waals surface area contributed by atoms with Crippen molar-refractivity contribution in [2.45, 2.75) is 38.6 Å². The third-order valence-electron chi connectivity index (χ3n) is 4.20. The number of anilines is 1. The molecule has 1 aliphatic carbocycles. The summed E-state index contributed by atoms with van der Waals surface area (Å²) in [6.07, 6.45) is 6.93. The van der Waals surface area contributed by atoms with Crippen LogP contribution in [0.15, 0.2) is 18.2 Å². The van der Waals surface area contributed by atoms with Crippen LogP contribution in [-0.4, -0.2) is 13.1 Å². The molecule has 2 heteroatoms. The Kier molecular flexibility index (Phi) is 3.32. The minimum atomic E-state index is 1.02. The van der Waals surface area contributed by atoms with E-state index in [9.17, 15) is 0 Å². The van der Waals surface area contributed by atoms with Gasteiger partial charge in [0.2, 0.25) is 0 Å². The molecule has 0 spiro atoms. The Morgan fingerprint density at radius 1 is 1.29 bits per heavy atom. The van der Waals surface area contributed by atoms with Gasteiger partial charge >= 0.3 is 0 Å². The average molecular weight is 230 g/mol. The van der Waals surface area contributed by atoms with Gasteiger partial charge in [-0.15, -0.1) is 0 Å². The first-order valence-corrected chi connectivity index (χ1v) is 6.99. The number of hydrogen-bond donors (Lipinski definition) is 2. The van der Waals surface area contributed by atoms with E-state index >= 15 is 0 Å². The van der Waals surface area contributed by atoms with Crippen molar-refractivity contribution in [2.75, 3.05) is 18.4 Å². The van der Waals surface area contributed by atoms with E-state index in [1.807, 2.05) is 0 Å². The van der Waals surface area contributed by atoms with E-state index < -0.39 is 0 Å². The van der Waals surface area contributed by atoms with Crippen LogP contribution >= 0.6 is 0 Å². The summed E-state index contributed by atoms with van der Waals surface area (Å²) in [5.74, 6) is 1.02. The van der Waals surface area contributed by atoms with Gasteiger partial charge in [0.25, 0.3) is 0 Å². The van der Waals surface area contributed by atoms with Crippen molar-refractivity contribution in [1.82, 2.24) is 5.32 Å². The summed E-state index contributed by atoms with van der Waals surface area (Å²) in [6, 6.07) is 6.68. The predicted octanol–water partition coefficient (Wildman–Crippen LogP) is 2.93. The van der Waals surface area contributed by atoms with Crippen molar-refractivity contribution in [2.24, 2.45) is 5.92 Å². The van der Waals surface area contributed by atoms with Crippen LogP contribution in [0, 0.1) is 5.92 Å². The van der Waals surface area contributed by atoms with E-state index in [1.165, 1.54) is 55.5 Å². The predicted molar refractivity (Wildman–Crippen MR) is 72.3 cm³/mol. The summed E-state index contributed by atoms with van der Waals surface area (Å²) in [7, 11) is 0. The third-order valence-corrected chi connectivity index (χ3v) is 4.20. The fourth-order valence-corrected chi connectivity index (χ4v) is 2.87. The Morgan fingerprint density at radius 2 is 2.24 bits per heavy atom. The fourth-order valence-electron chi connectivity index (χ4n) is 2.87. The second-order valence-corrected chi connectivity index (χ2v) is 5.39. The monoisotopic (exact) mass is 230 g/mol. The largest absolute Gasteiger partial charge is 0.384 e. The van der Waals surface area contributed by atoms with Gasteiger partial charge in [0.05, 0.1) is 0 Å². The lowest BCUT2D eigenvalue weighted by Gasteiger charge is -2.25. The maximum absolute atomic E-state index is 3.59. The standard InChI is InChI=1S/C15H22N2/c1-3-12(4-1)7-9-16-11-14-6-2-5-13-8-10-17-15(13)14/h2,5-6,12,16-17H,1,3-4,7-11H2. The zero-order chi connectivity index (χ0) is 11.5. The number of para-hydroxylation sites is 1. The highest BCUT2D eigenvalue weighted by Crippen LogP contribution is 2.29. The molecule has 1 aliphatic heterocycles. The second kappa shape index (κ2) is 5.09. The molecule has 92 valence electrons. The first-order valence-electron chi connectivity index (χ1n) is 6.99. The smallest absolute Gasteiger partial charge is 0.0419 e. The van der Waals surface area contributed by atoms with Crippen LogP contribution in [0.25, 0.3) is 0 Å². The minimum absolute atomic E-state index is 1.02. The van der Waals surface area contributed by atoms with Crippen molar-refractivity contribution in [3.05, 3.63) is 29.3 Å². The lowest BCUT2D eigenvalue weighted by atomic mass is 9.83. The normalized spacial score (nSPS) is 18.6. The van der Waals surface area contributed by atoms with Gasteiger partial charge in [-0.05, 0) is 36.4 Å². The minimum Gasteiger partial charge on any atom is -0.384 e. The highest BCUT2D eigenvalue weighted by Gasteiger charge is 2.16. The summed E-state index contributed by atoms with van der Waals surface area (Å²) in [5.41, 5.74) is 4.32. The number of rotatable bonds is 5. The number of nitrogens with one attached hydrogen (secondary N) is 2. The second-order valence-electron chi connectivity index (χ2n) is 5.39. The molecule has 1 fully saturated rings. The van der Waals surface area contributed by atoms with Gasteiger partial charge in [-0.25, -0.2) is 0 Å². The van der Waals surface area contributed by atoms with Crippen LogP contribution in [0.1, 0.15) is 36.8 Å². The van der Waals surface area contributed by atoms with Crippen LogP contribution in [0.4, 0.5) is 5.69 Å². The highest BCUT2D eigenvalue weighted by atomic mass is 14.9. The molecule has 0 saturated heterocycles. The molecule has 0 amide bonds. The molecule has 0 atom stereocenters. The first-order chi connectivity index (χ1) is 8.43. The summed E-state index contributed by atoms with van der Waals surface area (Å²) in [4.78, 5) is 0. The quantitative estimate of drug-likeness (QED) is 0.760. The highest BCUT2D eigenvalue weighted by molar-refractivity contribution is 5.61. The van der Waals surface area contributed by atoms with Crippen molar-refractivity contribution in [3.63, 3.8) is 0 Å². The summed E-state index contributed by atoms with van der Waals surface area (Å²) in [6.45, 7) is 3.30. The molecule has 3 rings (SSSR count). The molecule has 1 saturated carbocycles. The van der Waals surface area contributed by atoms with E-state index in [1.54, 1.807) is 0 Å². The van der Waals surface area contributed by atoms with Crippen LogP contribution < -0.4 is 10.6 Å². The Morgan fingerprint density at radius 3 is 3.06 bits per heavy atom. The molecule has 2 N–H and O–H groups in total. The Hall–Kier alpha value is -1.02. The summed E-state index contributed by atoms with van der Waals surface area (Å²) >= 11 is 0. The molecule has 0 aromatic heterocycles. The molecule has 0 radical (unpaired) electrons. The van der Waals surface area contributed by atoms with Crippen molar-refractivity contribution >= 4 is 5.69 Å². The fraction of sp³-hybridized carbons (Fsp3) is 0.600. The van der Waals surface area contributed by atoms with Crippen molar-refractivity contribution < 1.29 is 0 Å². The number of benzene rings is 1. The van der Waals surface area contributed by atoms with Crippen LogP contribution in [0.3, 0.4) is 0 Å². The first kappa shape index (κ1) is 11.1. The number of hydrogen-bond acceptors (Lipinski definition) is 2. The van der Waals surface area contributed by atoms with Crippen LogP contribution in [0.2, 0.25) is 0 Å². The molecule has 1 heterocycles. The maximum atomic E-state index is 3.59. The molecular formula is C15H22N2. The summed E-state index contributed by atoms with van der Waals surface area (Å²) in [5, 5.41) is 7.09. The molecule has 2 aliphatic rings. The SMILES string of the molecule is c1cc2c(c(CNCCC3CCC3)c1)NCC2. The van der Waals surface area contributed by atoms with E-state index in [-0.39, 0.29) is 0 Å². The molecule has 0 unspecified atom stereocenters. The van der Waals surface area contributed by atoms with Gasteiger partial charge in [-0.3, -0.25) is 0 Å². The van der Waals surface area contributed by atoms with E-state index in [4.69, 9.17) is 0 Å². The van der Waals surface area contributed by atoms with E-state index in [0.29, 0.717) is 0 Å². The average Bonchev–Trinajstić information content (AvgIpc) is 2.75. The molecule has 1 aromatic rings. The van der Waals surface area contributed by atoms with Crippen LogP contribution in [-0.2, 0) is 13.0 Å². The molecular weight excluding hydrogens is 208 g/mol. The van der Waals surface area contributed by atoms with Gasteiger partial charge in [-0.2, -0.15) is 0 Å². The van der Waals surface area contributed by atoms with Crippen molar-refractivity contribution in [1.29, 1.82) is 0 Å².